The third-order valence-corrected chi connectivity index (χ3v) is 4.33. The van der Waals surface area contributed by atoms with Gasteiger partial charge in [-0.25, -0.2) is 9.50 Å². The highest BCUT2D eigenvalue weighted by molar-refractivity contribution is 5.69. The molecule has 3 rings (SSSR count). The van der Waals surface area contributed by atoms with E-state index in [4.69, 9.17) is 10.5 Å². The Balaban J connectivity index is 1.69. The van der Waals surface area contributed by atoms with Crippen LogP contribution >= 0.6 is 0 Å². The maximum Gasteiger partial charge on any atom is 0.453 e. The highest BCUT2D eigenvalue weighted by atomic mass is 19.4. The third-order valence-electron chi connectivity index (χ3n) is 4.33. The Morgan fingerprint density at radius 3 is 2.48 bits per heavy atom. The summed E-state index contributed by atoms with van der Waals surface area (Å²) < 4.78 is 44.8. The number of anilines is 2. The van der Waals surface area contributed by atoms with Crippen LogP contribution in [0.4, 0.5) is 25.1 Å². The van der Waals surface area contributed by atoms with Crippen molar-refractivity contribution in [2.24, 2.45) is 0 Å². The van der Waals surface area contributed by atoms with Crippen LogP contribution in [0.25, 0.3) is 5.78 Å². The Morgan fingerprint density at radius 1 is 1.13 bits per heavy atom. The smallest absolute Gasteiger partial charge is 0.453 e. The number of aryl methyl sites for hydroxylation is 2. The number of carbonyl (C=O) groups is 1. The first-order chi connectivity index (χ1) is 14.5. The molecule has 0 aliphatic carbocycles. The topological polar surface area (TPSA) is 137 Å². The molecule has 0 fully saturated rings. The molecule has 0 bridgehead atoms. The lowest BCUT2D eigenvalue weighted by molar-refractivity contribution is -0.145. The molecule has 2 N–H and O–H groups in total. The number of ether oxygens (including phenoxy) is 1. The summed E-state index contributed by atoms with van der Waals surface area (Å²) in [5.41, 5.74) is 7.09. The first-order valence-electron chi connectivity index (χ1n) is 9.09. The standard InChI is InChI=1S/C17H20F3N9O2/c1-8-10(9(2)29-16(22-8)25-13(27-29)17(18,19)20)5-6-12(30)31-7-11-23-14(21)26-15(24-11)28(3)4/h5-7H2,1-4H3,(H2,21,23,24,26). The van der Waals surface area contributed by atoms with Crippen molar-refractivity contribution in [1.82, 2.24) is 34.5 Å². The number of fused-ring (bicyclic) bond motifs is 1. The minimum Gasteiger partial charge on any atom is -0.457 e. The molecule has 14 heteroatoms. The van der Waals surface area contributed by atoms with E-state index in [9.17, 15) is 18.0 Å². The van der Waals surface area contributed by atoms with Gasteiger partial charge in [0.1, 0.15) is 0 Å². The predicted molar refractivity (Wildman–Crippen MR) is 102 cm³/mol. The second-order valence-corrected chi connectivity index (χ2v) is 6.87. The number of esters is 1. The van der Waals surface area contributed by atoms with Crippen molar-refractivity contribution >= 4 is 23.6 Å². The van der Waals surface area contributed by atoms with Crippen molar-refractivity contribution in [2.75, 3.05) is 24.7 Å². The van der Waals surface area contributed by atoms with Gasteiger partial charge in [0.05, 0.1) is 0 Å². The zero-order valence-corrected chi connectivity index (χ0v) is 17.2. The lowest BCUT2D eigenvalue weighted by Crippen LogP contribution is -2.17. The molecule has 0 radical (unpaired) electrons. The molecule has 11 nitrogen and oxygen atoms in total. The van der Waals surface area contributed by atoms with Crippen molar-refractivity contribution in [3.05, 3.63) is 28.6 Å². The lowest BCUT2D eigenvalue weighted by Gasteiger charge is -2.12. The zero-order chi connectivity index (χ0) is 22.9. The molecule has 166 valence electrons. The molecule has 0 saturated carbocycles. The Morgan fingerprint density at radius 2 is 1.84 bits per heavy atom. The second-order valence-electron chi connectivity index (χ2n) is 6.87. The normalized spacial score (nSPS) is 11.7. The largest absolute Gasteiger partial charge is 0.457 e. The minimum atomic E-state index is -4.68. The Labute approximate surface area is 174 Å². The van der Waals surface area contributed by atoms with Crippen molar-refractivity contribution < 1.29 is 22.7 Å². The molecule has 3 aromatic rings. The van der Waals surface area contributed by atoms with Crippen molar-refractivity contribution in [3.8, 4) is 0 Å². The van der Waals surface area contributed by atoms with Gasteiger partial charge in [-0.15, -0.1) is 5.10 Å². The van der Waals surface area contributed by atoms with Crippen molar-refractivity contribution in [2.45, 2.75) is 39.5 Å². The molecular formula is C17H20F3N9O2. The number of rotatable bonds is 6. The van der Waals surface area contributed by atoms with Crippen LogP contribution < -0.4 is 10.6 Å². The number of halogens is 3. The van der Waals surface area contributed by atoms with Crippen LogP contribution in [0.2, 0.25) is 0 Å². The summed E-state index contributed by atoms with van der Waals surface area (Å²) in [6.07, 6.45) is -4.51. The molecule has 0 aliphatic heterocycles. The van der Waals surface area contributed by atoms with E-state index in [-0.39, 0.29) is 37.0 Å². The van der Waals surface area contributed by atoms with Crippen LogP contribution in [0.1, 0.15) is 35.0 Å². The van der Waals surface area contributed by atoms with Crippen LogP contribution in [0.3, 0.4) is 0 Å². The first kappa shape index (κ1) is 22.1. The fourth-order valence-corrected chi connectivity index (χ4v) is 2.82. The summed E-state index contributed by atoms with van der Waals surface area (Å²) in [4.78, 5) is 33.3. The van der Waals surface area contributed by atoms with Gasteiger partial charge in [0.25, 0.3) is 11.6 Å². The number of hydrogen-bond donors (Lipinski definition) is 1. The van der Waals surface area contributed by atoms with Crippen LogP contribution in [-0.4, -0.2) is 54.6 Å². The molecule has 0 unspecified atom stereocenters. The van der Waals surface area contributed by atoms with E-state index >= 15 is 0 Å². The second kappa shape index (κ2) is 8.28. The van der Waals surface area contributed by atoms with Gasteiger partial charge < -0.3 is 15.4 Å². The monoisotopic (exact) mass is 439 g/mol. The van der Waals surface area contributed by atoms with Crippen molar-refractivity contribution in [3.63, 3.8) is 0 Å². The van der Waals surface area contributed by atoms with Gasteiger partial charge >= 0.3 is 12.1 Å². The number of nitrogens with zero attached hydrogens (tertiary/aromatic N) is 8. The van der Waals surface area contributed by atoms with Gasteiger partial charge in [-0.05, 0) is 25.8 Å². The average molecular weight is 439 g/mol. The summed E-state index contributed by atoms with van der Waals surface area (Å²) in [7, 11) is 3.46. The molecule has 0 aromatic carbocycles. The van der Waals surface area contributed by atoms with Crippen LogP contribution in [0, 0.1) is 13.8 Å². The van der Waals surface area contributed by atoms with Gasteiger partial charge in [-0.2, -0.15) is 33.1 Å². The number of nitrogens with two attached hydrogens (primary N) is 1. The average Bonchev–Trinajstić information content (AvgIpc) is 3.10. The fourth-order valence-electron chi connectivity index (χ4n) is 2.82. The Bertz CT molecular complexity index is 1130. The van der Waals surface area contributed by atoms with Gasteiger partial charge in [0, 0.05) is 31.9 Å². The van der Waals surface area contributed by atoms with Gasteiger partial charge in [0.15, 0.2) is 12.4 Å². The van der Waals surface area contributed by atoms with E-state index in [1.54, 1.807) is 32.8 Å². The maximum atomic E-state index is 12.9. The summed E-state index contributed by atoms with van der Waals surface area (Å²) in [6.45, 7) is 3.03. The van der Waals surface area contributed by atoms with Crippen LogP contribution in [0.15, 0.2) is 0 Å². The Hall–Kier alpha value is -3.58. The SMILES string of the molecule is Cc1nc2nc(C(F)(F)F)nn2c(C)c1CCC(=O)OCc1nc(N)nc(N(C)C)n1. The molecule has 3 heterocycles. The van der Waals surface area contributed by atoms with E-state index in [2.05, 4.69) is 30.0 Å². The number of aromatic nitrogens is 7. The van der Waals surface area contributed by atoms with Gasteiger partial charge in [-0.1, -0.05) is 0 Å². The summed E-state index contributed by atoms with van der Waals surface area (Å²) in [6, 6.07) is 0. The molecule has 3 aromatic heterocycles. The maximum absolute atomic E-state index is 12.9. The van der Waals surface area contributed by atoms with Crippen LogP contribution in [-0.2, 0) is 28.7 Å². The fraction of sp³-hybridized carbons (Fsp3) is 0.471. The molecule has 0 atom stereocenters. The van der Waals surface area contributed by atoms with E-state index < -0.39 is 18.0 Å². The van der Waals surface area contributed by atoms with Gasteiger partial charge in [0.2, 0.25) is 11.9 Å². The molecule has 0 aliphatic rings. The number of nitrogen functional groups attached to an aromatic ring is 1. The lowest BCUT2D eigenvalue weighted by atomic mass is 10.1. The Kier molecular flexibility index (Phi) is 5.90. The van der Waals surface area contributed by atoms with Crippen molar-refractivity contribution in [1.29, 1.82) is 0 Å². The van der Waals surface area contributed by atoms with E-state index in [1.165, 1.54) is 0 Å². The first-order valence-corrected chi connectivity index (χ1v) is 9.09. The quantitative estimate of drug-likeness (QED) is 0.559. The summed E-state index contributed by atoms with van der Waals surface area (Å²) in [5, 5.41) is 3.48. The van der Waals surface area contributed by atoms with E-state index in [1.807, 2.05) is 0 Å². The predicted octanol–water partition coefficient (Wildman–Crippen LogP) is 1.27. The highest BCUT2D eigenvalue weighted by Crippen LogP contribution is 2.27. The number of hydrogen-bond acceptors (Lipinski definition) is 10. The molecular weight excluding hydrogens is 419 g/mol. The van der Waals surface area contributed by atoms with Gasteiger partial charge in [-0.3, -0.25) is 4.79 Å². The molecule has 31 heavy (non-hydrogen) atoms. The molecule has 0 spiro atoms. The molecule has 0 amide bonds. The summed E-state index contributed by atoms with van der Waals surface area (Å²) in [5.74, 6) is -1.44. The highest BCUT2D eigenvalue weighted by Gasteiger charge is 2.37. The summed E-state index contributed by atoms with van der Waals surface area (Å²) >= 11 is 0. The molecule has 0 saturated heterocycles. The third kappa shape index (κ3) is 4.95. The van der Waals surface area contributed by atoms with E-state index in [0.29, 0.717) is 22.9 Å². The number of carbonyl (C=O) groups excluding carboxylic acids is 1. The minimum absolute atomic E-state index is 0.00133. The van der Waals surface area contributed by atoms with E-state index in [0.717, 1.165) is 4.52 Å². The number of alkyl halides is 3. The van der Waals surface area contributed by atoms with Crippen LogP contribution in [0.5, 0.6) is 0 Å². The zero-order valence-electron chi connectivity index (χ0n) is 17.2.